The van der Waals surface area contributed by atoms with Gasteiger partial charge in [0.25, 0.3) is 0 Å². The molecule has 0 radical (unpaired) electrons. The molecule has 0 saturated carbocycles. The molecule has 0 aliphatic carbocycles. The van der Waals surface area contributed by atoms with Crippen LogP contribution in [0.4, 0.5) is 0 Å². The van der Waals surface area contributed by atoms with Crippen molar-refractivity contribution < 1.29 is 14.3 Å². The fourth-order valence-electron chi connectivity index (χ4n) is 1.95. The van der Waals surface area contributed by atoms with Gasteiger partial charge in [0.05, 0.1) is 13.7 Å². The molecule has 96 valence electrons. The van der Waals surface area contributed by atoms with Crippen LogP contribution in [0.1, 0.15) is 24.8 Å². The van der Waals surface area contributed by atoms with Gasteiger partial charge < -0.3 is 4.74 Å². The Morgan fingerprint density at radius 2 is 1.94 bits per heavy atom. The first-order valence-electron chi connectivity index (χ1n) is 5.77. The molecule has 0 atom stereocenters. The third-order valence-corrected chi connectivity index (χ3v) is 3.74. The number of carbonyl (C=O) groups is 2. The van der Waals surface area contributed by atoms with Gasteiger partial charge in [0.1, 0.15) is 5.75 Å². The van der Waals surface area contributed by atoms with Crippen LogP contribution < -0.4 is 4.74 Å². The monoisotopic (exact) mass is 311 g/mol. The Labute approximate surface area is 114 Å². The van der Waals surface area contributed by atoms with Gasteiger partial charge in [-0.2, -0.15) is 0 Å². The van der Waals surface area contributed by atoms with Gasteiger partial charge in [-0.05, 0) is 30.2 Å². The lowest BCUT2D eigenvalue weighted by molar-refractivity contribution is -0.148. The Bertz CT molecular complexity index is 471. The highest BCUT2D eigenvalue weighted by Gasteiger charge is 2.26. The molecule has 1 aliphatic heterocycles. The molecule has 18 heavy (non-hydrogen) atoms. The lowest BCUT2D eigenvalue weighted by Crippen LogP contribution is -2.39. The van der Waals surface area contributed by atoms with E-state index in [2.05, 4.69) is 15.9 Å². The number of halogens is 1. The number of imide groups is 1. The van der Waals surface area contributed by atoms with Crippen molar-refractivity contribution in [3.05, 3.63) is 28.2 Å². The molecule has 1 aromatic carbocycles. The Hall–Kier alpha value is -1.36. The van der Waals surface area contributed by atoms with Crippen LogP contribution in [0.5, 0.6) is 5.75 Å². The number of piperidine rings is 1. The van der Waals surface area contributed by atoms with E-state index in [4.69, 9.17) is 4.74 Å². The first-order chi connectivity index (χ1) is 8.61. The molecule has 1 aliphatic rings. The Balaban J connectivity index is 2.22. The van der Waals surface area contributed by atoms with E-state index >= 15 is 0 Å². The molecule has 0 bridgehead atoms. The second kappa shape index (κ2) is 5.52. The number of hydrogen-bond acceptors (Lipinski definition) is 3. The first kappa shape index (κ1) is 13.1. The van der Waals surface area contributed by atoms with Gasteiger partial charge in [0.15, 0.2) is 0 Å². The zero-order valence-electron chi connectivity index (χ0n) is 10.1. The van der Waals surface area contributed by atoms with Crippen molar-refractivity contribution in [1.29, 1.82) is 0 Å². The quantitative estimate of drug-likeness (QED) is 0.806. The van der Waals surface area contributed by atoms with Crippen LogP contribution in [0.2, 0.25) is 0 Å². The van der Waals surface area contributed by atoms with E-state index in [0.29, 0.717) is 31.6 Å². The fraction of sp³-hybridized carbons (Fsp3) is 0.385. The maximum atomic E-state index is 11.7. The normalized spacial score (nSPS) is 16.0. The van der Waals surface area contributed by atoms with Crippen molar-refractivity contribution in [2.45, 2.75) is 25.8 Å². The highest BCUT2D eigenvalue weighted by molar-refractivity contribution is 9.10. The number of carbonyl (C=O) groups excluding carboxylic acids is 2. The van der Waals surface area contributed by atoms with E-state index in [1.54, 1.807) is 7.11 Å². The maximum Gasteiger partial charge on any atom is 0.229 e. The number of ether oxygens (including phenoxy) is 1. The molecule has 0 N–H and O–H groups in total. The number of amides is 2. The van der Waals surface area contributed by atoms with Gasteiger partial charge in [-0.1, -0.05) is 15.9 Å². The van der Waals surface area contributed by atoms with Crippen molar-refractivity contribution in [3.63, 3.8) is 0 Å². The summed E-state index contributed by atoms with van der Waals surface area (Å²) in [5, 5.41) is 0. The highest BCUT2D eigenvalue weighted by atomic mass is 79.9. The summed E-state index contributed by atoms with van der Waals surface area (Å²) < 4.78 is 6.01. The van der Waals surface area contributed by atoms with E-state index in [9.17, 15) is 9.59 Å². The number of rotatable bonds is 3. The third kappa shape index (κ3) is 2.72. The molecule has 0 unspecified atom stereocenters. The van der Waals surface area contributed by atoms with Crippen LogP contribution in [0.25, 0.3) is 0 Å². The summed E-state index contributed by atoms with van der Waals surface area (Å²) in [5.74, 6) is 0.520. The zero-order valence-corrected chi connectivity index (χ0v) is 11.7. The molecular weight excluding hydrogens is 298 g/mol. The Kier molecular flexibility index (Phi) is 4.01. The summed E-state index contributed by atoms with van der Waals surface area (Å²) >= 11 is 3.42. The summed E-state index contributed by atoms with van der Waals surface area (Å²) in [6.07, 6.45) is 1.56. The predicted octanol–water partition coefficient (Wildman–Crippen LogP) is 2.50. The lowest BCUT2D eigenvalue weighted by Gasteiger charge is -2.25. The van der Waals surface area contributed by atoms with E-state index in [-0.39, 0.29) is 11.8 Å². The largest absolute Gasteiger partial charge is 0.497 e. The molecule has 2 amide bonds. The molecule has 2 rings (SSSR count). The standard InChI is InChI=1S/C13H14BrNO3/c1-18-10-5-6-11(14)9(7-10)8-15-12(16)3-2-4-13(15)17/h5-7H,2-4,8H2,1H3. The minimum absolute atomic E-state index is 0.0963. The Morgan fingerprint density at radius 1 is 1.28 bits per heavy atom. The zero-order chi connectivity index (χ0) is 13.1. The van der Waals surface area contributed by atoms with Crippen LogP contribution >= 0.6 is 15.9 Å². The van der Waals surface area contributed by atoms with E-state index in [0.717, 1.165) is 10.0 Å². The van der Waals surface area contributed by atoms with Gasteiger partial charge in [-0.3, -0.25) is 14.5 Å². The number of methoxy groups -OCH3 is 1. The first-order valence-corrected chi connectivity index (χ1v) is 6.56. The van der Waals surface area contributed by atoms with Gasteiger partial charge in [-0.25, -0.2) is 0 Å². The smallest absolute Gasteiger partial charge is 0.229 e. The minimum Gasteiger partial charge on any atom is -0.497 e. The second-order valence-electron chi connectivity index (χ2n) is 4.18. The van der Waals surface area contributed by atoms with Crippen LogP contribution in [-0.2, 0) is 16.1 Å². The average molecular weight is 312 g/mol. The summed E-state index contributed by atoms with van der Waals surface area (Å²) in [5.41, 5.74) is 0.873. The van der Waals surface area contributed by atoms with Gasteiger partial charge in [0.2, 0.25) is 11.8 Å². The number of hydrogen-bond donors (Lipinski definition) is 0. The summed E-state index contributed by atoms with van der Waals surface area (Å²) in [4.78, 5) is 24.8. The molecule has 1 aromatic rings. The van der Waals surface area contributed by atoms with Gasteiger partial charge in [-0.15, -0.1) is 0 Å². The molecule has 1 heterocycles. The molecule has 0 aromatic heterocycles. The van der Waals surface area contributed by atoms with Gasteiger partial charge >= 0.3 is 0 Å². The van der Waals surface area contributed by atoms with Gasteiger partial charge in [0, 0.05) is 17.3 Å². The number of nitrogens with zero attached hydrogens (tertiary/aromatic N) is 1. The van der Waals surface area contributed by atoms with Crippen LogP contribution in [-0.4, -0.2) is 23.8 Å². The molecule has 5 heteroatoms. The van der Waals surface area contributed by atoms with Crippen molar-refractivity contribution in [3.8, 4) is 5.75 Å². The Morgan fingerprint density at radius 3 is 2.56 bits per heavy atom. The van der Waals surface area contributed by atoms with Crippen LogP contribution in [0, 0.1) is 0 Å². The molecule has 4 nitrogen and oxygen atoms in total. The topological polar surface area (TPSA) is 46.6 Å². The van der Waals surface area contributed by atoms with Crippen LogP contribution in [0.15, 0.2) is 22.7 Å². The maximum absolute atomic E-state index is 11.7. The number of benzene rings is 1. The summed E-state index contributed by atoms with van der Waals surface area (Å²) in [6.45, 7) is 0.301. The third-order valence-electron chi connectivity index (χ3n) is 2.96. The van der Waals surface area contributed by atoms with Crippen LogP contribution in [0.3, 0.4) is 0 Å². The van der Waals surface area contributed by atoms with E-state index in [1.807, 2.05) is 18.2 Å². The minimum atomic E-state index is -0.0963. The van der Waals surface area contributed by atoms with E-state index in [1.165, 1.54) is 4.90 Å². The predicted molar refractivity (Wildman–Crippen MR) is 70.1 cm³/mol. The van der Waals surface area contributed by atoms with Crippen molar-refractivity contribution in [2.75, 3.05) is 7.11 Å². The molecular formula is C13H14BrNO3. The lowest BCUT2D eigenvalue weighted by atomic mass is 10.1. The average Bonchev–Trinajstić information content (AvgIpc) is 2.36. The summed E-state index contributed by atoms with van der Waals surface area (Å²) in [6, 6.07) is 5.51. The second-order valence-corrected chi connectivity index (χ2v) is 5.04. The molecule has 0 spiro atoms. The SMILES string of the molecule is COc1ccc(Br)c(CN2C(=O)CCCC2=O)c1. The summed E-state index contributed by atoms with van der Waals surface area (Å²) in [7, 11) is 1.59. The highest BCUT2D eigenvalue weighted by Crippen LogP contribution is 2.25. The van der Waals surface area contributed by atoms with E-state index < -0.39 is 0 Å². The molecule has 1 fully saturated rings. The van der Waals surface area contributed by atoms with Crippen molar-refractivity contribution >= 4 is 27.7 Å². The van der Waals surface area contributed by atoms with Crippen molar-refractivity contribution in [2.24, 2.45) is 0 Å². The fourth-order valence-corrected chi connectivity index (χ4v) is 2.32. The van der Waals surface area contributed by atoms with Crippen molar-refractivity contribution in [1.82, 2.24) is 4.90 Å². The number of likely N-dealkylation sites (tertiary alicyclic amines) is 1. The molecule has 1 saturated heterocycles.